The molecule has 0 saturated carbocycles. The number of piperidine rings is 1. The standard InChI is InChI=1S/C20H21ClN2OS/c1-15-10-12-23(13-11-15)20(14-22)16-2-6-18(7-3-16)25(24)19-8-4-17(21)5-9-19/h2-9,15,20H,10-13H2,1H3. The number of hydrogen-bond donors (Lipinski definition) is 0. The van der Waals surface area contributed by atoms with Gasteiger partial charge in [0.15, 0.2) is 0 Å². The molecule has 0 aliphatic carbocycles. The van der Waals surface area contributed by atoms with Gasteiger partial charge in [0.1, 0.15) is 6.04 Å². The maximum absolute atomic E-state index is 12.6. The molecular weight excluding hydrogens is 352 g/mol. The first-order chi connectivity index (χ1) is 12.1. The molecule has 1 aliphatic rings. The Morgan fingerprint density at radius 2 is 1.60 bits per heavy atom. The Bertz CT molecular complexity index is 775. The van der Waals surface area contributed by atoms with Crippen molar-refractivity contribution in [2.24, 2.45) is 5.92 Å². The zero-order chi connectivity index (χ0) is 17.8. The Morgan fingerprint density at radius 1 is 1.08 bits per heavy atom. The molecule has 1 saturated heterocycles. The fourth-order valence-corrected chi connectivity index (χ4v) is 4.29. The number of hydrogen-bond acceptors (Lipinski definition) is 3. The second-order valence-electron chi connectivity index (χ2n) is 6.54. The summed E-state index contributed by atoms with van der Waals surface area (Å²) in [5.74, 6) is 0.736. The van der Waals surface area contributed by atoms with E-state index in [2.05, 4.69) is 17.9 Å². The summed E-state index contributed by atoms with van der Waals surface area (Å²) in [6.07, 6.45) is 2.27. The third kappa shape index (κ3) is 4.30. The van der Waals surface area contributed by atoms with Crippen LogP contribution in [0.5, 0.6) is 0 Å². The van der Waals surface area contributed by atoms with Crippen molar-refractivity contribution in [3.63, 3.8) is 0 Å². The fourth-order valence-electron chi connectivity index (χ4n) is 3.12. The average Bonchev–Trinajstić information content (AvgIpc) is 2.64. The van der Waals surface area contributed by atoms with E-state index in [-0.39, 0.29) is 6.04 Å². The van der Waals surface area contributed by atoms with Crippen molar-refractivity contribution >= 4 is 22.4 Å². The Hall–Kier alpha value is -1.67. The van der Waals surface area contributed by atoms with Gasteiger partial charge in [0.25, 0.3) is 0 Å². The van der Waals surface area contributed by atoms with Gasteiger partial charge in [-0.25, -0.2) is 4.21 Å². The molecule has 3 nitrogen and oxygen atoms in total. The fraction of sp³-hybridized carbons (Fsp3) is 0.350. The van der Waals surface area contributed by atoms with Crippen LogP contribution in [0, 0.1) is 17.2 Å². The van der Waals surface area contributed by atoms with E-state index in [4.69, 9.17) is 11.6 Å². The lowest BCUT2D eigenvalue weighted by atomic mass is 9.96. The maximum Gasteiger partial charge on any atom is 0.123 e. The maximum atomic E-state index is 12.6. The molecule has 2 aromatic rings. The number of nitriles is 1. The Balaban J connectivity index is 1.75. The van der Waals surface area contributed by atoms with Crippen LogP contribution in [0.1, 0.15) is 31.4 Å². The van der Waals surface area contributed by atoms with Crippen molar-refractivity contribution in [1.82, 2.24) is 4.90 Å². The molecule has 25 heavy (non-hydrogen) atoms. The van der Waals surface area contributed by atoms with Crippen LogP contribution in [-0.2, 0) is 10.8 Å². The van der Waals surface area contributed by atoms with Gasteiger partial charge in [-0.15, -0.1) is 0 Å². The molecule has 0 spiro atoms. The minimum Gasteiger partial charge on any atom is -0.284 e. The first-order valence-corrected chi connectivity index (χ1v) is 10.0. The Labute approximate surface area is 156 Å². The van der Waals surface area contributed by atoms with Gasteiger partial charge in [-0.1, -0.05) is 30.7 Å². The van der Waals surface area contributed by atoms with Crippen molar-refractivity contribution in [1.29, 1.82) is 5.26 Å². The van der Waals surface area contributed by atoms with E-state index in [9.17, 15) is 9.47 Å². The molecule has 130 valence electrons. The smallest absolute Gasteiger partial charge is 0.123 e. The van der Waals surface area contributed by atoms with Gasteiger partial charge >= 0.3 is 0 Å². The Morgan fingerprint density at radius 3 is 2.12 bits per heavy atom. The van der Waals surface area contributed by atoms with Gasteiger partial charge in [-0.05, 0) is 73.8 Å². The second-order valence-corrected chi connectivity index (χ2v) is 8.46. The van der Waals surface area contributed by atoms with Crippen LogP contribution >= 0.6 is 11.6 Å². The number of rotatable bonds is 4. The first kappa shape index (κ1) is 18.1. The number of halogens is 1. The zero-order valence-corrected chi connectivity index (χ0v) is 15.8. The van der Waals surface area contributed by atoms with Gasteiger partial charge in [0.2, 0.25) is 0 Å². The van der Waals surface area contributed by atoms with Gasteiger partial charge in [-0.2, -0.15) is 5.26 Å². The van der Waals surface area contributed by atoms with Gasteiger partial charge < -0.3 is 0 Å². The summed E-state index contributed by atoms with van der Waals surface area (Å²) < 4.78 is 12.6. The molecule has 2 unspecified atom stereocenters. The van der Waals surface area contributed by atoms with Crippen molar-refractivity contribution in [2.75, 3.05) is 13.1 Å². The molecule has 0 aromatic heterocycles. The number of nitrogens with zero attached hydrogens (tertiary/aromatic N) is 2. The summed E-state index contributed by atoms with van der Waals surface area (Å²) in [5.41, 5.74) is 0.967. The SMILES string of the molecule is CC1CCN(C(C#N)c2ccc(S(=O)c3ccc(Cl)cc3)cc2)CC1. The van der Waals surface area contributed by atoms with E-state index in [1.165, 1.54) is 0 Å². The summed E-state index contributed by atoms with van der Waals surface area (Å²) >= 11 is 5.88. The molecule has 1 aliphatic heterocycles. The summed E-state index contributed by atoms with van der Waals surface area (Å²) in [6.45, 7) is 4.18. The van der Waals surface area contributed by atoms with Crippen molar-refractivity contribution < 1.29 is 4.21 Å². The quantitative estimate of drug-likeness (QED) is 0.774. The monoisotopic (exact) mass is 372 g/mol. The first-order valence-electron chi connectivity index (χ1n) is 8.49. The molecule has 1 fully saturated rings. The van der Waals surface area contributed by atoms with Crippen molar-refractivity contribution in [3.8, 4) is 6.07 Å². The highest BCUT2D eigenvalue weighted by Gasteiger charge is 2.24. The molecule has 1 heterocycles. The highest BCUT2D eigenvalue weighted by atomic mass is 35.5. The van der Waals surface area contributed by atoms with Crippen molar-refractivity contribution in [2.45, 2.75) is 35.6 Å². The lowest BCUT2D eigenvalue weighted by molar-refractivity contribution is 0.165. The summed E-state index contributed by atoms with van der Waals surface area (Å²) in [5, 5.41) is 10.2. The van der Waals surface area contributed by atoms with Crippen LogP contribution in [0.25, 0.3) is 0 Å². The zero-order valence-electron chi connectivity index (χ0n) is 14.2. The molecule has 2 aromatic carbocycles. The molecule has 2 atom stereocenters. The second kappa shape index (κ2) is 8.14. The van der Waals surface area contributed by atoms with Gasteiger partial charge in [0, 0.05) is 14.8 Å². The largest absolute Gasteiger partial charge is 0.284 e. The van der Waals surface area contributed by atoms with E-state index < -0.39 is 10.8 Å². The minimum atomic E-state index is -1.24. The van der Waals surface area contributed by atoms with Crippen LogP contribution in [0.4, 0.5) is 0 Å². The van der Waals surface area contributed by atoms with E-state index in [0.29, 0.717) is 5.02 Å². The molecular formula is C20H21ClN2OS. The molecule has 5 heteroatoms. The number of benzene rings is 2. The third-order valence-corrected chi connectivity index (χ3v) is 6.40. The molecule has 0 bridgehead atoms. The van der Waals surface area contributed by atoms with Crippen LogP contribution < -0.4 is 0 Å². The normalized spacial score (nSPS) is 18.4. The van der Waals surface area contributed by atoms with Gasteiger partial charge in [0.05, 0.1) is 16.9 Å². The Kier molecular flexibility index (Phi) is 5.90. The molecule has 0 N–H and O–H groups in total. The van der Waals surface area contributed by atoms with E-state index in [1.807, 2.05) is 24.3 Å². The highest BCUT2D eigenvalue weighted by molar-refractivity contribution is 7.85. The lowest BCUT2D eigenvalue weighted by Crippen LogP contribution is -2.35. The predicted octanol–water partition coefficient (Wildman–Crippen LogP) is 4.80. The van der Waals surface area contributed by atoms with Gasteiger partial charge in [-0.3, -0.25) is 4.90 Å². The number of likely N-dealkylation sites (tertiary alicyclic amines) is 1. The van der Waals surface area contributed by atoms with Crippen LogP contribution in [-0.4, -0.2) is 22.2 Å². The highest BCUT2D eigenvalue weighted by Crippen LogP contribution is 2.27. The lowest BCUT2D eigenvalue weighted by Gasteiger charge is -2.33. The molecule has 3 rings (SSSR count). The topological polar surface area (TPSA) is 44.1 Å². The minimum absolute atomic E-state index is 0.231. The van der Waals surface area contributed by atoms with E-state index in [0.717, 1.165) is 47.2 Å². The van der Waals surface area contributed by atoms with E-state index in [1.54, 1.807) is 24.3 Å². The third-order valence-electron chi connectivity index (χ3n) is 4.74. The summed E-state index contributed by atoms with van der Waals surface area (Å²) in [6, 6.07) is 16.8. The summed E-state index contributed by atoms with van der Waals surface area (Å²) in [7, 11) is -1.24. The van der Waals surface area contributed by atoms with Crippen LogP contribution in [0.3, 0.4) is 0 Å². The average molecular weight is 373 g/mol. The summed E-state index contributed by atoms with van der Waals surface area (Å²) in [4.78, 5) is 3.69. The molecule has 0 radical (unpaired) electrons. The van der Waals surface area contributed by atoms with Crippen LogP contribution in [0.2, 0.25) is 5.02 Å². The predicted molar refractivity (Wildman–Crippen MR) is 101 cm³/mol. The van der Waals surface area contributed by atoms with Crippen LogP contribution in [0.15, 0.2) is 58.3 Å². The molecule has 0 amide bonds. The van der Waals surface area contributed by atoms with E-state index >= 15 is 0 Å². The van der Waals surface area contributed by atoms with Crippen molar-refractivity contribution in [3.05, 3.63) is 59.1 Å².